The van der Waals surface area contributed by atoms with Gasteiger partial charge in [-0.3, -0.25) is 0 Å². The Hall–Kier alpha value is -3.12. The fourth-order valence-electron chi connectivity index (χ4n) is 3.68. The first-order chi connectivity index (χ1) is 12.4. The Morgan fingerprint density at radius 2 is 1.80 bits per heavy atom. The van der Waals surface area contributed by atoms with Gasteiger partial charge in [0, 0.05) is 12.7 Å². The highest BCUT2D eigenvalue weighted by Crippen LogP contribution is 2.36. The van der Waals surface area contributed by atoms with Crippen LogP contribution in [0.5, 0.6) is 0 Å². The average molecular weight is 325 g/mol. The second-order valence-corrected chi connectivity index (χ2v) is 6.33. The normalized spacial score (nSPS) is 16.1. The molecule has 4 rings (SSSR count). The molecule has 0 saturated carbocycles. The van der Waals surface area contributed by atoms with Gasteiger partial charge in [0.25, 0.3) is 0 Å². The molecule has 1 aliphatic rings. The number of rotatable bonds is 3. The summed E-state index contributed by atoms with van der Waals surface area (Å²) in [6.45, 7) is 0.875. The maximum atomic E-state index is 9.50. The van der Waals surface area contributed by atoms with E-state index < -0.39 is 0 Å². The molecule has 0 radical (unpaired) electrons. The van der Waals surface area contributed by atoms with E-state index in [0.717, 1.165) is 25.2 Å². The SMILES string of the molecule is N#Cc1cccnc1N1CCc2ccccc2C1Cc1ccccc1. The van der Waals surface area contributed by atoms with E-state index in [1.165, 1.54) is 16.7 Å². The zero-order chi connectivity index (χ0) is 17.1. The summed E-state index contributed by atoms with van der Waals surface area (Å²) in [4.78, 5) is 6.84. The minimum absolute atomic E-state index is 0.189. The van der Waals surface area contributed by atoms with Crippen LogP contribution >= 0.6 is 0 Å². The molecule has 122 valence electrons. The second-order valence-electron chi connectivity index (χ2n) is 6.33. The van der Waals surface area contributed by atoms with Crippen molar-refractivity contribution in [3.05, 3.63) is 95.2 Å². The first-order valence-corrected chi connectivity index (χ1v) is 8.60. The molecule has 3 nitrogen and oxygen atoms in total. The summed E-state index contributed by atoms with van der Waals surface area (Å²) in [7, 11) is 0. The molecule has 1 unspecified atom stereocenters. The number of aromatic nitrogens is 1. The number of fused-ring (bicyclic) bond motifs is 1. The van der Waals surface area contributed by atoms with E-state index in [-0.39, 0.29) is 6.04 Å². The van der Waals surface area contributed by atoms with Crippen molar-refractivity contribution in [2.75, 3.05) is 11.4 Å². The second kappa shape index (κ2) is 6.78. The van der Waals surface area contributed by atoms with Gasteiger partial charge in [-0.25, -0.2) is 4.98 Å². The summed E-state index contributed by atoms with van der Waals surface area (Å²) in [5.74, 6) is 0.792. The fourth-order valence-corrected chi connectivity index (χ4v) is 3.68. The van der Waals surface area contributed by atoms with Gasteiger partial charge >= 0.3 is 0 Å². The molecule has 0 saturated heterocycles. The highest BCUT2D eigenvalue weighted by molar-refractivity contribution is 5.57. The lowest BCUT2D eigenvalue weighted by Crippen LogP contribution is -2.37. The molecule has 2 aromatic carbocycles. The van der Waals surface area contributed by atoms with Gasteiger partial charge in [0.1, 0.15) is 11.9 Å². The molecule has 0 fully saturated rings. The van der Waals surface area contributed by atoms with Gasteiger partial charge in [0.05, 0.1) is 11.6 Å². The van der Waals surface area contributed by atoms with Crippen molar-refractivity contribution in [2.24, 2.45) is 0 Å². The van der Waals surface area contributed by atoms with Crippen molar-refractivity contribution in [3.63, 3.8) is 0 Å². The monoisotopic (exact) mass is 325 g/mol. The van der Waals surface area contributed by atoms with E-state index in [1.54, 1.807) is 6.20 Å². The molecule has 1 aromatic heterocycles. The summed E-state index contributed by atoms with van der Waals surface area (Å²) < 4.78 is 0. The van der Waals surface area contributed by atoms with Crippen molar-refractivity contribution in [1.82, 2.24) is 4.98 Å². The van der Waals surface area contributed by atoms with Gasteiger partial charge in [-0.2, -0.15) is 5.26 Å². The van der Waals surface area contributed by atoms with Crippen LogP contribution in [0.15, 0.2) is 72.9 Å². The van der Waals surface area contributed by atoms with Crippen LogP contribution < -0.4 is 4.90 Å². The van der Waals surface area contributed by atoms with E-state index in [4.69, 9.17) is 0 Å². The maximum absolute atomic E-state index is 9.50. The smallest absolute Gasteiger partial charge is 0.147 e. The Morgan fingerprint density at radius 1 is 1.00 bits per heavy atom. The van der Waals surface area contributed by atoms with Crippen LogP contribution in [0.25, 0.3) is 0 Å². The minimum atomic E-state index is 0.189. The molecule has 25 heavy (non-hydrogen) atoms. The van der Waals surface area contributed by atoms with Gasteiger partial charge in [0.15, 0.2) is 0 Å². The van der Waals surface area contributed by atoms with E-state index >= 15 is 0 Å². The quantitative estimate of drug-likeness (QED) is 0.721. The number of nitriles is 1. The third-order valence-electron chi connectivity index (χ3n) is 4.86. The fraction of sp³-hybridized carbons (Fsp3) is 0.182. The van der Waals surface area contributed by atoms with Gasteiger partial charge in [-0.1, -0.05) is 54.6 Å². The molecular formula is C22H19N3. The molecular weight excluding hydrogens is 306 g/mol. The number of anilines is 1. The van der Waals surface area contributed by atoms with Crippen LogP contribution in [0.1, 0.15) is 28.3 Å². The number of benzene rings is 2. The molecule has 2 heterocycles. The predicted molar refractivity (Wildman–Crippen MR) is 99.3 cm³/mol. The van der Waals surface area contributed by atoms with E-state index in [0.29, 0.717) is 5.56 Å². The third kappa shape index (κ3) is 2.99. The minimum Gasteiger partial charge on any atom is -0.348 e. The topological polar surface area (TPSA) is 39.9 Å². The van der Waals surface area contributed by atoms with Crippen molar-refractivity contribution >= 4 is 5.82 Å². The van der Waals surface area contributed by atoms with Gasteiger partial charge in [0.2, 0.25) is 0 Å². The Bertz CT molecular complexity index is 912. The Kier molecular flexibility index (Phi) is 4.18. The first kappa shape index (κ1) is 15.4. The molecule has 3 aromatic rings. The highest BCUT2D eigenvalue weighted by Gasteiger charge is 2.29. The van der Waals surface area contributed by atoms with Crippen LogP contribution in [0, 0.1) is 11.3 Å². The summed E-state index contributed by atoms with van der Waals surface area (Å²) >= 11 is 0. The van der Waals surface area contributed by atoms with Gasteiger partial charge in [-0.05, 0) is 41.7 Å². The summed E-state index contributed by atoms with van der Waals surface area (Å²) in [5, 5.41) is 9.50. The maximum Gasteiger partial charge on any atom is 0.147 e. The highest BCUT2D eigenvalue weighted by atomic mass is 15.2. The number of pyridine rings is 1. The largest absolute Gasteiger partial charge is 0.348 e. The molecule has 0 amide bonds. The van der Waals surface area contributed by atoms with Crippen LogP contribution in [0.2, 0.25) is 0 Å². The van der Waals surface area contributed by atoms with Crippen LogP contribution in [0.4, 0.5) is 5.82 Å². The van der Waals surface area contributed by atoms with Gasteiger partial charge in [-0.15, -0.1) is 0 Å². The van der Waals surface area contributed by atoms with Crippen molar-refractivity contribution in [3.8, 4) is 6.07 Å². The lowest BCUT2D eigenvalue weighted by atomic mass is 9.88. The standard InChI is InChI=1S/C22H19N3/c23-16-19-10-6-13-24-22(19)25-14-12-18-9-4-5-11-20(18)21(25)15-17-7-2-1-3-8-17/h1-11,13,21H,12,14-15H2. The Balaban J connectivity index is 1.79. The van der Waals surface area contributed by atoms with Gasteiger partial charge < -0.3 is 4.90 Å². The summed E-state index contributed by atoms with van der Waals surface area (Å²) in [6, 6.07) is 25.3. The molecule has 3 heteroatoms. The predicted octanol–water partition coefficient (Wildman–Crippen LogP) is 4.30. The Morgan fingerprint density at radius 3 is 2.64 bits per heavy atom. The van der Waals surface area contributed by atoms with Crippen LogP contribution in [-0.2, 0) is 12.8 Å². The Labute approximate surface area is 148 Å². The van der Waals surface area contributed by atoms with Crippen molar-refractivity contribution < 1.29 is 0 Å². The van der Waals surface area contributed by atoms with Crippen LogP contribution in [0.3, 0.4) is 0 Å². The molecule has 1 aliphatic heterocycles. The van der Waals surface area contributed by atoms with Crippen molar-refractivity contribution in [2.45, 2.75) is 18.9 Å². The van der Waals surface area contributed by atoms with E-state index in [2.05, 4.69) is 64.5 Å². The zero-order valence-corrected chi connectivity index (χ0v) is 14.0. The zero-order valence-electron chi connectivity index (χ0n) is 14.0. The third-order valence-corrected chi connectivity index (χ3v) is 4.86. The number of hydrogen-bond donors (Lipinski definition) is 0. The van der Waals surface area contributed by atoms with Crippen LogP contribution in [-0.4, -0.2) is 11.5 Å². The first-order valence-electron chi connectivity index (χ1n) is 8.60. The molecule has 0 aliphatic carbocycles. The molecule has 0 N–H and O–H groups in total. The molecule has 0 spiro atoms. The number of hydrogen-bond acceptors (Lipinski definition) is 3. The summed E-state index contributed by atoms with van der Waals surface area (Å²) in [5.41, 5.74) is 4.67. The average Bonchev–Trinajstić information content (AvgIpc) is 2.69. The summed E-state index contributed by atoms with van der Waals surface area (Å²) in [6.07, 6.45) is 3.65. The lowest BCUT2D eigenvalue weighted by Gasteiger charge is -2.38. The van der Waals surface area contributed by atoms with E-state index in [9.17, 15) is 5.26 Å². The van der Waals surface area contributed by atoms with E-state index in [1.807, 2.05) is 18.2 Å². The molecule has 1 atom stereocenters. The van der Waals surface area contributed by atoms with Crippen molar-refractivity contribution in [1.29, 1.82) is 5.26 Å². The lowest BCUT2D eigenvalue weighted by molar-refractivity contribution is 0.573. The number of nitrogens with zero attached hydrogens (tertiary/aromatic N) is 3. The molecule has 0 bridgehead atoms.